The molecule has 1 aliphatic heterocycles. The van der Waals surface area contributed by atoms with Crippen LogP contribution in [0.4, 0.5) is 17.6 Å². The van der Waals surface area contributed by atoms with E-state index < -0.39 is 35.5 Å². The Bertz CT molecular complexity index is 1110. The van der Waals surface area contributed by atoms with Crippen molar-refractivity contribution in [2.24, 2.45) is 4.99 Å². The highest BCUT2D eigenvalue weighted by Crippen LogP contribution is 2.38. The Balaban J connectivity index is 1.84. The van der Waals surface area contributed by atoms with E-state index >= 15 is 0 Å². The topological polar surface area (TPSA) is 59.3 Å². The average molecular weight is 416 g/mol. The quantitative estimate of drug-likeness (QED) is 0.522. The lowest BCUT2D eigenvalue weighted by atomic mass is 9.79. The lowest BCUT2D eigenvalue weighted by molar-refractivity contribution is 0.0663. The Morgan fingerprint density at radius 3 is 2.37 bits per heavy atom. The molecular formula is C21H16F4N4O. The van der Waals surface area contributed by atoms with E-state index in [1.807, 2.05) is 0 Å². The van der Waals surface area contributed by atoms with Crippen molar-refractivity contribution in [3.8, 4) is 0 Å². The lowest BCUT2D eigenvalue weighted by Gasteiger charge is -2.34. The van der Waals surface area contributed by atoms with Crippen molar-refractivity contribution < 1.29 is 17.6 Å². The summed E-state index contributed by atoms with van der Waals surface area (Å²) in [6.45, 7) is -1.21. The third-order valence-corrected chi connectivity index (χ3v) is 5.17. The Hall–Kier alpha value is -3.49. The smallest absolute Gasteiger partial charge is 0.321 e. The molecule has 30 heavy (non-hydrogen) atoms. The zero-order valence-corrected chi connectivity index (χ0v) is 15.7. The Morgan fingerprint density at radius 1 is 1.03 bits per heavy atom. The number of benzene rings is 1. The van der Waals surface area contributed by atoms with Crippen molar-refractivity contribution in [1.82, 2.24) is 14.9 Å². The molecule has 0 bridgehead atoms. The zero-order chi connectivity index (χ0) is 21.5. The second kappa shape index (κ2) is 7.40. The highest BCUT2D eigenvalue weighted by atomic mass is 19.3. The van der Waals surface area contributed by atoms with Crippen LogP contribution in [-0.4, -0.2) is 21.4 Å². The van der Waals surface area contributed by atoms with Crippen molar-refractivity contribution in [1.29, 1.82) is 0 Å². The first-order valence-electron chi connectivity index (χ1n) is 9.06. The van der Waals surface area contributed by atoms with Gasteiger partial charge in [-0.15, -0.1) is 0 Å². The number of alkyl halides is 2. The van der Waals surface area contributed by atoms with Crippen LogP contribution in [0.2, 0.25) is 0 Å². The Labute approximate surface area is 168 Å². The number of amidine groups is 1. The van der Waals surface area contributed by atoms with Crippen molar-refractivity contribution in [3.63, 3.8) is 0 Å². The summed E-state index contributed by atoms with van der Waals surface area (Å²) in [5.41, 5.74) is -0.418. The standard InChI is InChI=1S/C21H16F4N4O/c1-12-21(14-3-6-16(22)7-4-14,15-5-8-17(23)26-10-15)28-19(27-12)13-2-9-18(30)29(11-13)20(24)25/h2-12,20H,1H3,(H,27,28)/t12?,21-/m1/s1. The minimum atomic E-state index is -3.00. The van der Waals surface area contributed by atoms with Crippen molar-refractivity contribution in [2.45, 2.75) is 25.1 Å². The first kappa shape index (κ1) is 19.8. The molecule has 2 atom stereocenters. The molecule has 0 amide bonds. The fourth-order valence-electron chi connectivity index (χ4n) is 3.67. The molecule has 0 spiro atoms. The molecule has 3 heterocycles. The van der Waals surface area contributed by atoms with Gasteiger partial charge in [-0.3, -0.25) is 14.4 Å². The van der Waals surface area contributed by atoms with E-state index in [-0.39, 0.29) is 11.4 Å². The number of halogens is 4. The number of hydrogen-bond acceptors (Lipinski definition) is 4. The molecule has 0 radical (unpaired) electrons. The normalized spacial score (nSPS) is 20.9. The number of hydrogen-bond donors (Lipinski definition) is 1. The van der Waals surface area contributed by atoms with Gasteiger partial charge in [0.2, 0.25) is 5.95 Å². The summed E-state index contributed by atoms with van der Waals surface area (Å²) in [5, 5.41) is 3.23. The van der Waals surface area contributed by atoms with Crippen LogP contribution in [0.15, 0.2) is 70.7 Å². The van der Waals surface area contributed by atoms with Crippen LogP contribution in [0, 0.1) is 11.8 Å². The predicted molar refractivity (Wildman–Crippen MR) is 102 cm³/mol. The summed E-state index contributed by atoms with van der Waals surface area (Å²) >= 11 is 0. The molecule has 154 valence electrons. The maximum atomic E-state index is 13.5. The number of aliphatic imine (C=N–C) groups is 1. The maximum absolute atomic E-state index is 13.5. The minimum absolute atomic E-state index is 0.269. The van der Waals surface area contributed by atoms with Crippen LogP contribution in [0.3, 0.4) is 0 Å². The van der Waals surface area contributed by atoms with Gasteiger partial charge in [-0.25, -0.2) is 9.37 Å². The van der Waals surface area contributed by atoms with Crippen LogP contribution in [0.25, 0.3) is 0 Å². The Kier molecular flexibility index (Phi) is 4.89. The second-order valence-electron chi connectivity index (χ2n) is 6.90. The molecule has 1 unspecified atom stereocenters. The number of nitrogens with one attached hydrogen (secondary N) is 1. The van der Waals surface area contributed by atoms with E-state index in [4.69, 9.17) is 0 Å². The summed E-state index contributed by atoms with van der Waals surface area (Å²) < 4.78 is 53.6. The molecule has 9 heteroatoms. The monoisotopic (exact) mass is 416 g/mol. The SMILES string of the molecule is CC1N=C(c2ccc(=O)n(C(F)F)c2)N[C@]1(c1ccc(F)cc1)c1ccc(F)nc1. The van der Waals surface area contributed by atoms with Gasteiger partial charge >= 0.3 is 6.55 Å². The molecule has 4 rings (SSSR count). The van der Waals surface area contributed by atoms with Gasteiger partial charge in [0, 0.05) is 29.6 Å². The van der Waals surface area contributed by atoms with Gasteiger partial charge in [0.05, 0.1) is 6.04 Å². The predicted octanol–water partition coefficient (Wildman–Crippen LogP) is 3.60. The summed E-state index contributed by atoms with van der Waals surface area (Å²) in [6, 6.07) is 10.4. The van der Waals surface area contributed by atoms with E-state index in [1.165, 1.54) is 36.5 Å². The Morgan fingerprint density at radius 2 is 1.73 bits per heavy atom. The lowest BCUT2D eigenvalue weighted by Crippen LogP contribution is -2.48. The van der Waals surface area contributed by atoms with Gasteiger partial charge < -0.3 is 5.32 Å². The number of rotatable bonds is 4. The number of pyridine rings is 2. The van der Waals surface area contributed by atoms with Crippen LogP contribution in [0.1, 0.15) is 30.2 Å². The molecule has 0 aliphatic carbocycles. The highest BCUT2D eigenvalue weighted by Gasteiger charge is 2.45. The first-order chi connectivity index (χ1) is 14.3. The zero-order valence-electron chi connectivity index (χ0n) is 15.7. The molecule has 3 aromatic rings. The summed E-state index contributed by atoms with van der Waals surface area (Å²) in [4.78, 5) is 20.0. The van der Waals surface area contributed by atoms with E-state index in [2.05, 4.69) is 15.3 Å². The fraction of sp³-hybridized carbons (Fsp3) is 0.190. The van der Waals surface area contributed by atoms with E-state index in [1.54, 1.807) is 19.1 Å². The van der Waals surface area contributed by atoms with Gasteiger partial charge in [0.15, 0.2) is 0 Å². The molecule has 2 aromatic heterocycles. The van der Waals surface area contributed by atoms with Gasteiger partial charge in [-0.1, -0.05) is 18.2 Å². The number of nitrogens with zero attached hydrogens (tertiary/aromatic N) is 3. The summed E-state index contributed by atoms with van der Waals surface area (Å²) in [7, 11) is 0. The van der Waals surface area contributed by atoms with Crippen LogP contribution in [0.5, 0.6) is 0 Å². The van der Waals surface area contributed by atoms with E-state index in [0.29, 0.717) is 15.7 Å². The fourth-order valence-corrected chi connectivity index (χ4v) is 3.67. The van der Waals surface area contributed by atoms with Gasteiger partial charge in [0.25, 0.3) is 5.56 Å². The van der Waals surface area contributed by atoms with Crippen LogP contribution < -0.4 is 10.9 Å². The van der Waals surface area contributed by atoms with Crippen LogP contribution in [-0.2, 0) is 5.54 Å². The third kappa shape index (κ3) is 3.26. The van der Waals surface area contributed by atoms with E-state index in [9.17, 15) is 22.4 Å². The first-order valence-corrected chi connectivity index (χ1v) is 9.06. The molecule has 5 nitrogen and oxygen atoms in total. The summed E-state index contributed by atoms with van der Waals surface area (Å²) in [6.07, 6.45) is 2.37. The van der Waals surface area contributed by atoms with Crippen molar-refractivity contribution in [3.05, 3.63) is 99.7 Å². The summed E-state index contributed by atoms with van der Waals surface area (Å²) in [5.74, 6) is -0.823. The van der Waals surface area contributed by atoms with Crippen LogP contribution >= 0.6 is 0 Å². The number of aromatic nitrogens is 2. The minimum Gasteiger partial charge on any atom is -0.354 e. The molecule has 1 aliphatic rings. The second-order valence-corrected chi connectivity index (χ2v) is 6.90. The third-order valence-electron chi connectivity index (χ3n) is 5.17. The van der Waals surface area contributed by atoms with Gasteiger partial charge in [-0.05, 0) is 36.8 Å². The largest absolute Gasteiger partial charge is 0.354 e. The van der Waals surface area contributed by atoms with Crippen molar-refractivity contribution >= 4 is 5.84 Å². The van der Waals surface area contributed by atoms with Gasteiger partial charge in [-0.2, -0.15) is 13.2 Å². The highest BCUT2D eigenvalue weighted by molar-refractivity contribution is 6.01. The molecule has 1 aromatic carbocycles. The van der Waals surface area contributed by atoms with E-state index in [0.717, 1.165) is 12.3 Å². The van der Waals surface area contributed by atoms with Crippen molar-refractivity contribution in [2.75, 3.05) is 0 Å². The molecule has 0 saturated heterocycles. The average Bonchev–Trinajstić information content (AvgIpc) is 3.07. The molecule has 1 N–H and O–H groups in total. The van der Waals surface area contributed by atoms with Gasteiger partial charge in [0.1, 0.15) is 17.2 Å². The molecular weight excluding hydrogens is 400 g/mol. The maximum Gasteiger partial charge on any atom is 0.321 e. The molecule has 0 fully saturated rings. The molecule has 0 saturated carbocycles.